The number of carbonyl (C=O) groups is 1. The summed E-state index contributed by atoms with van der Waals surface area (Å²) in [6.07, 6.45) is 18.5. The largest absolute Gasteiger partial charge is 0.511 e. The molecule has 0 atom stereocenters. The standard InChI is InChI=1S/C17H30.C7H4ClFO3/c1-2-3-5-8-15-11-13-17(14-12-15)16-9-6-4-7-10-16;8-5-3-4(12-7(10)11)1-2-6(5)9/h2,15-17H,1,3-14H2;1-3H,(H,10,11)/t15-,17-;. The highest BCUT2D eigenvalue weighted by atomic mass is 35.5. The summed E-state index contributed by atoms with van der Waals surface area (Å²) in [5.41, 5.74) is 0. The summed E-state index contributed by atoms with van der Waals surface area (Å²) in [6.45, 7) is 3.82. The lowest BCUT2D eigenvalue weighted by Gasteiger charge is -2.35. The van der Waals surface area contributed by atoms with Crippen molar-refractivity contribution in [3.63, 3.8) is 0 Å². The maximum atomic E-state index is 12.5. The number of hydrogen-bond acceptors (Lipinski definition) is 2. The highest BCUT2D eigenvalue weighted by molar-refractivity contribution is 6.30. The minimum Gasteiger partial charge on any atom is -0.449 e. The average molecular weight is 425 g/mol. The Balaban J connectivity index is 0.000000221. The Bertz CT molecular complexity index is 635. The van der Waals surface area contributed by atoms with Crippen LogP contribution in [0.3, 0.4) is 0 Å². The molecule has 0 unspecified atom stereocenters. The first-order valence-corrected chi connectivity index (χ1v) is 11.3. The van der Waals surface area contributed by atoms with E-state index in [9.17, 15) is 9.18 Å². The fourth-order valence-electron chi connectivity index (χ4n) is 4.75. The van der Waals surface area contributed by atoms with Crippen molar-refractivity contribution in [2.75, 3.05) is 0 Å². The smallest absolute Gasteiger partial charge is 0.449 e. The van der Waals surface area contributed by atoms with Gasteiger partial charge in [0.1, 0.15) is 11.6 Å². The van der Waals surface area contributed by atoms with Crippen LogP contribution < -0.4 is 4.74 Å². The summed E-state index contributed by atoms with van der Waals surface area (Å²) in [7, 11) is 0. The molecule has 1 aromatic rings. The van der Waals surface area contributed by atoms with Crippen LogP contribution in [-0.2, 0) is 0 Å². The van der Waals surface area contributed by atoms with Crippen LogP contribution in [0.15, 0.2) is 30.9 Å². The Morgan fingerprint density at radius 2 is 1.79 bits per heavy atom. The van der Waals surface area contributed by atoms with Gasteiger partial charge in [-0.2, -0.15) is 0 Å². The van der Waals surface area contributed by atoms with Gasteiger partial charge in [-0.3, -0.25) is 0 Å². The molecule has 2 fully saturated rings. The van der Waals surface area contributed by atoms with E-state index in [1.54, 1.807) is 25.7 Å². The number of allylic oxidation sites excluding steroid dienone is 1. The first-order valence-electron chi connectivity index (χ1n) is 11.0. The monoisotopic (exact) mass is 424 g/mol. The van der Waals surface area contributed by atoms with E-state index in [2.05, 4.69) is 17.4 Å². The van der Waals surface area contributed by atoms with Crippen LogP contribution in [0, 0.1) is 23.6 Å². The highest BCUT2D eigenvalue weighted by Gasteiger charge is 2.28. The number of halogens is 2. The van der Waals surface area contributed by atoms with Gasteiger partial charge in [0.15, 0.2) is 0 Å². The third kappa shape index (κ3) is 8.77. The molecule has 5 heteroatoms. The Morgan fingerprint density at radius 3 is 2.38 bits per heavy atom. The lowest BCUT2D eigenvalue weighted by atomic mass is 9.70. The highest BCUT2D eigenvalue weighted by Crippen LogP contribution is 2.40. The minimum absolute atomic E-state index is 0.00565. The topological polar surface area (TPSA) is 46.5 Å². The number of carboxylic acid groups (broad SMARTS) is 1. The van der Waals surface area contributed by atoms with E-state index in [-0.39, 0.29) is 10.8 Å². The summed E-state index contributed by atoms with van der Waals surface area (Å²) in [5, 5.41) is 8.00. The average Bonchev–Trinajstić information content (AvgIpc) is 2.72. The van der Waals surface area contributed by atoms with E-state index in [1.165, 1.54) is 57.4 Å². The van der Waals surface area contributed by atoms with Crippen LogP contribution in [0.1, 0.15) is 77.0 Å². The van der Waals surface area contributed by atoms with Crippen LogP contribution in [0.5, 0.6) is 5.75 Å². The zero-order chi connectivity index (χ0) is 21.1. The van der Waals surface area contributed by atoms with Gasteiger partial charge in [-0.25, -0.2) is 9.18 Å². The molecule has 2 aliphatic rings. The van der Waals surface area contributed by atoms with Crippen molar-refractivity contribution in [2.24, 2.45) is 17.8 Å². The zero-order valence-electron chi connectivity index (χ0n) is 17.3. The SMILES string of the molecule is C=CCCC[C@H]1CC[C@H](C2CCCCC2)CC1.O=C(O)Oc1ccc(F)c(Cl)c1. The molecule has 1 N–H and O–H groups in total. The third-order valence-corrected chi connectivity index (χ3v) is 6.61. The summed E-state index contributed by atoms with van der Waals surface area (Å²) >= 11 is 5.35. The maximum Gasteiger partial charge on any atom is 0.511 e. The normalized spacial score (nSPS) is 22.3. The second-order valence-corrected chi connectivity index (χ2v) is 8.75. The molecule has 162 valence electrons. The van der Waals surface area contributed by atoms with E-state index in [0.29, 0.717) is 0 Å². The van der Waals surface area contributed by atoms with Gasteiger partial charge in [0.05, 0.1) is 5.02 Å². The molecule has 3 rings (SSSR count). The molecule has 0 amide bonds. The van der Waals surface area contributed by atoms with Crippen molar-refractivity contribution < 1.29 is 19.0 Å². The molecule has 0 radical (unpaired) electrons. The molecule has 0 aliphatic heterocycles. The van der Waals surface area contributed by atoms with Gasteiger partial charge in [0, 0.05) is 6.07 Å². The third-order valence-electron chi connectivity index (χ3n) is 6.32. The molecule has 2 aliphatic carbocycles. The second kappa shape index (κ2) is 12.9. The number of hydrogen-bond donors (Lipinski definition) is 1. The molecule has 0 aromatic heterocycles. The van der Waals surface area contributed by atoms with Crippen molar-refractivity contribution >= 4 is 17.8 Å². The van der Waals surface area contributed by atoms with Crippen LogP contribution in [0.25, 0.3) is 0 Å². The molecule has 3 nitrogen and oxygen atoms in total. The van der Waals surface area contributed by atoms with Gasteiger partial charge in [-0.15, -0.1) is 6.58 Å². The van der Waals surface area contributed by atoms with Gasteiger partial charge in [-0.05, 0) is 55.6 Å². The van der Waals surface area contributed by atoms with Crippen LogP contribution in [0.2, 0.25) is 5.02 Å². The molecule has 2 saturated carbocycles. The summed E-state index contributed by atoms with van der Waals surface area (Å²) < 4.78 is 16.7. The second-order valence-electron chi connectivity index (χ2n) is 8.34. The quantitative estimate of drug-likeness (QED) is 0.216. The maximum absolute atomic E-state index is 12.5. The van der Waals surface area contributed by atoms with Crippen LogP contribution in [0.4, 0.5) is 9.18 Å². The van der Waals surface area contributed by atoms with Gasteiger partial charge >= 0.3 is 6.16 Å². The Labute approximate surface area is 179 Å². The summed E-state index contributed by atoms with van der Waals surface area (Å²) in [4.78, 5) is 10.0. The summed E-state index contributed by atoms with van der Waals surface area (Å²) in [5.74, 6) is 2.64. The van der Waals surface area contributed by atoms with Crippen LogP contribution in [-0.4, -0.2) is 11.3 Å². The minimum atomic E-state index is -1.46. The zero-order valence-corrected chi connectivity index (χ0v) is 18.0. The van der Waals surface area contributed by atoms with Gasteiger partial charge in [-0.1, -0.05) is 69.0 Å². The van der Waals surface area contributed by atoms with E-state index in [1.807, 2.05) is 0 Å². The number of benzene rings is 1. The molecular formula is C24H34ClFO3. The molecule has 0 bridgehead atoms. The lowest BCUT2D eigenvalue weighted by Crippen LogP contribution is -2.23. The molecule has 0 heterocycles. The van der Waals surface area contributed by atoms with Crippen molar-refractivity contribution in [3.05, 3.63) is 41.7 Å². The van der Waals surface area contributed by atoms with E-state index < -0.39 is 12.0 Å². The molecular weight excluding hydrogens is 391 g/mol. The van der Waals surface area contributed by atoms with Gasteiger partial charge in [0.25, 0.3) is 0 Å². The molecule has 0 saturated heterocycles. The van der Waals surface area contributed by atoms with Gasteiger partial charge in [0.2, 0.25) is 0 Å². The summed E-state index contributed by atoms with van der Waals surface area (Å²) in [6, 6.07) is 3.29. The van der Waals surface area contributed by atoms with Crippen molar-refractivity contribution in [2.45, 2.75) is 77.0 Å². The lowest BCUT2D eigenvalue weighted by molar-refractivity contribution is 0.144. The molecule has 0 spiro atoms. The fourth-order valence-corrected chi connectivity index (χ4v) is 4.92. The van der Waals surface area contributed by atoms with E-state index >= 15 is 0 Å². The van der Waals surface area contributed by atoms with E-state index in [4.69, 9.17) is 16.7 Å². The van der Waals surface area contributed by atoms with Crippen LogP contribution >= 0.6 is 11.6 Å². The predicted octanol–water partition coefficient (Wildman–Crippen LogP) is 8.27. The van der Waals surface area contributed by atoms with Crippen molar-refractivity contribution in [1.29, 1.82) is 0 Å². The van der Waals surface area contributed by atoms with Gasteiger partial charge < -0.3 is 9.84 Å². The Morgan fingerprint density at radius 1 is 1.14 bits per heavy atom. The number of ether oxygens (including phenoxy) is 1. The van der Waals surface area contributed by atoms with Crippen molar-refractivity contribution in [1.82, 2.24) is 0 Å². The number of rotatable bonds is 6. The Kier molecular flexibility index (Phi) is 10.5. The first kappa shape index (κ1) is 23.7. The van der Waals surface area contributed by atoms with Crippen molar-refractivity contribution in [3.8, 4) is 5.75 Å². The molecule has 1 aromatic carbocycles. The number of unbranched alkanes of at least 4 members (excludes halogenated alkanes) is 1. The fraction of sp³-hybridized carbons (Fsp3) is 0.625. The predicted molar refractivity (Wildman–Crippen MR) is 116 cm³/mol. The molecule has 29 heavy (non-hydrogen) atoms. The Hall–Kier alpha value is -1.55. The first-order chi connectivity index (χ1) is 14.0. The van der Waals surface area contributed by atoms with E-state index in [0.717, 1.165) is 29.9 Å².